The fourth-order valence-corrected chi connectivity index (χ4v) is 4.09. The van der Waals surface area contributed by atoms with E-state index in [0.717, 1.165) is 51.5 Å². The van der Waals surface area contributed by atoms with Crippen molar-refractivity contribution in [1.82, 2.24) is 10.2 Å². The van der Waals surface area contributed by atoms with Gasteiger partial charge in [0, 0.05) is 49.7 Å². The van der Waals surface area contributed by atoms with Crippen LogP contribution in [0, 0.1) is 17.0 Å². The van der Waals surface area contributed by atoms with Crippen molar-refractivity contribution in [3.05, 3.63) is 35.4 Å². The zero-order valence-electron chi connectivity index (χ0n) is 14.3. The summed E-state index contributed by atoms with van der Waals surface area (Å²) in [6, 6.07) is 4.11. The number of benzene rings is 1. The van der Waals surface area contributed by atoms with Gasteiger partial charge in [-0.3, -0.25) is 4.99 Å². The highest BCUT2D eigenvalue weighted by molar-refractivity contribution is 14.0. The number of nitrogens with zero attached hydrogens (tertiary/aromatic N) is 2. The number of hydrogen-bond acceptors (Lipinski definition) is 2. The molecule has 1 aromatic rings. The third kappa shape index (κ3) is 3.63. The van der Waals surface area contributed by atoms with Crippen LogP contribution in [0.4, 0.5) is 8.78 Å². The van der Waals surface area contributed by atoms with Crippen LogP contribution in [0.15, 0.2) is 23.2 Å². The van der Waals surface area contributed by atoms with Crippen LogP contribution in [-0.4, -0.2) is 50.3 Å². The van der Waals surface area contributed by atoms with E-state index >= 15 is 0 Å². The van der Waals surface area contributed by atoms with Gasteiger partial charge in [0.05, 0.1) is 6.61 Å². The van der Waals surface area contributed by atoms with Crippen LogP contribution in [-0.2, 0) is 4.74 Å². The van der Waals surface area contributed by atoms with Gasteiger partial charge in [0.1, 0.15) is 11.6 Å². The van der Waals surface area contributed by atoms with Crippen LogP contribution in [0.3, 0.4) is 0 Å². The van der Waals surface area contributed by atoms with Gasteiger partial charge >= 0.3 is 0 Å². The molecule has 1 N–H and O–H groups in total. The summed E-state index contributed by atoms with van der Waals surface area (Å²) in [4.78, 5) is 6.63. The van der Waals surface area contributed by atoms with E-state index in [1.54, 1.807) is 7.05 Å². The lowest BCUT2D eigenvalue weighted by atomic mass is 9.87. The summed E-state index contributed by atoms with van der Waals surface area (Å²) < 4.78 is 33.4. The molecule has 2 heterocycles. The Kier molecular flexibility index (Phi) is 5.53. The van der Waals surface area contributed by atoms with Crippen molar-refractivity contribution >= 4 is 29.9 Å². The van der Waals surface area contributed by atoms with Crippen molar-refractivity contribution < 1.29 is 13.5 Å². The Morgan fingerprint density at radius 3 is 2.72 bits per heavy atom. The largest absolute Gasteiger partial charge is 0.381 e. The van der Waals surface area contributed by atoms with Gasteiger partial charge in [-0.1, -0.05) is 6.07 Å². The van der Waals surface area contributed by atoms with Crippen molar-refractivity contribution in [2.24, 2.45) is 10.4 Å². The maximum Gasteiger partial charge on any atom is 0.193 e. The second-order valence-electron chi connectivity index (χ2n) is 7.25. The van der Waals surface area contributed by atoms with Crippen molar-refractivity contribution in [2.75, 3.05) is 33.4 Å². The molecule has 3 atom stereocenters. The highest BCUT2D eigenvalue weighted by atomic mass is 127. The molecule has 3 aliphatic rings. The predicted octanol–water partition coefficient (Wildman–Crippen LogP) is 3.13. The Hall–Kier alpha value is -0.960. The molecule has 4 nitrogen and oxygen atoms in total. The minimum Gasteiger partial charge on any atom is -0.381 e. The second kappa shape index (κ2) is 7.34. The summed E-state index contributed by atoms with van der Waals surface area (Å²) in [5, 5.41) is 3.39. The molecular formula is C18H24F2IN3O. The molecule has 0 aromatic heterocycles. The lowest BCUT2D eigenvalue weighted by molar-refractivity contribution is 0.156. The molecule has 3 unspecified atom stereocenters. The van der Waals surface area contributed by atoms with Gasteiger partial charge in [-0.05, 0) is 31.4 Å². The molecule has 7 heteroatoms. The standard InChI is InChI=1S/C18H23F2N3O.HI/c1-21-17(23-7-5-18(10-23)6-8-24-11-18)22-15-9-12(15)16-13(19)3-2-4-14(16)20;/h2-4,12,15H,5-11H2,1H3,(H,21,22);1H. The number of likely N-dealkylation sites (tertiary alicyclic amines) is 1. The number of guanidine groups is 1. The highest BCUT2D eigenvalue weighted by Gasteiger charge is 2.45. The predicted molar refractivity (Wildman–Crippen MR) is 103 cm³/mol. The van der Waals surface area contributed by atoms with E-state index in [9.17, 15) is 8.78 Å². The lowest BCUT2D eigenvalue weighted by Gasteiger charge is -2.25. The SMILES string of the molecule is CN=C(NC1CC1c1c(F)cccc1F)N1CCC2(CCOC2)C1.I. The first-order chi connectivity index (χ1) is 11.6. The average molecular weight is 463 g/mol. The zero-order valence-corrected chi connectivity index (χ0v) is 16.6. The van der Waals surface area contributed by atoms with Crippen LogP contribution >= 0.6 is 24.0 Å². The van der Waals surface area contributed by atoms with Crippen molar-refractivity contribution in [2.45, 2.75) is 31.2 Å². The first-order valence-corrected chi connectivity index (χ1v) is 8.62. The van der Waals surface area contributed by atoms with Crippen LogP contribution in [0.1, 0.15) is 30.7 Å². The maximum atomic E-state index is 13.9. The van der Waals surface area contributed by atoms with Crippen LogP contribution in [0.2, 0.25) is 0 Å². The second-order valence-corrected chi connectivity index (χ2v) is 7.25. The van der Waals surface area contributed by atoms with E-state index in [2.05, 4.69) is 15.2 Å². The smallest absolute Gasteiger partial charge is 0.193 e. The van der Waals surface area contributed by atoms with E-state index in [1.165, 1.54) is 18.2 Å². The average Bonchev–Trinajstić information content (AvgIpc) is 2.97. The van der Waals surface area contributed by atoms with Crippen LogP contribution in [0.5, 0.6) is 0 Å². The van der Waals surface area contributed by atoms with E-state index in [-0.39, 0.29) is 46.9 Å². The molecule has 138 valence electrons. The minimum absolute atomic E-state index is 0. The monoisotopic (exact) mass is 463 g/mol. The first kappa shape index (κ1) is 18.8. The number of hydrogen-bond donors (Lipinski definition) is 1. The van der Waals surface area contributed by atoms with Crippen molar-refractivity contribution in [3.63, 3.8) is 0 Å². The topological polar surface area (TPSA) is 36.9 Å². The summed E-state index contributed by atoms with van der Waals surface area (Å²) in [6.45, 7) is 3.57. The van der Waals surface area contributed by atoms with Gasteiger partial charge in [-0.25, -0.2) is 8.78 Å². The first-order valence-electron chi connectivity index (χ1n) is 8.62. The van der Waals surface area contributed by atoms with E-state index in [1.807, 2.05) is 0 Å². The number of halogens is 3. The van der Waals surface area contributed by atoms with E-state index < -0.39 is 11.6 Å². The molecule has 1 saturated carbocycles. The molecule has 0 amide bonds. The number of ether oxygens (including phenoxy) is 1. The zero-order chi connectivity index (χ0) is 16.7. The maximum absolute atomic E-state index is 13.9. The summed E-state index contributed by atoms with van der Waals surface area (Å²) in [6.07, 6.45) is 2.95. The summed E-state index contributed by atoms with van der Waals surface area (Å²) in [5.41, 5.74) is 0.464. The van der Waals surface area contributed by atoms with Crippen LogP contribution in [0.25, 0.3) is 0 Å². The van der Waals surface area contributed by atoms with E-state index in [0.29, 0.717) is 0 Å². The third-order valence-corrected chi connectivity index (χ3v) is 5.61. The highest BCUT2D eigenvalue weighted by Crippen LogP contribution is 2.44. The summed E-state index contributed by atoms with van der Waals surface area (Å²) >= 11 is 0. The molecule has 4 rings (SSSR count). The van der Waals surface area contributed by atoms with Gasteiger partial charge < -0.3 is 15.0 Å². The fourth-order valence-electron chi connectivity index (χ4n) is 4.09. The molecule has 2 saturated heterocycles. The van der Waals surface area contributed by atoms with Gasteiger partial charge in [-0.15, -0.1) is 24.0 Å². The van der Waals surface area contributed by atoms with Gasteiger partial charge in [-0.2, -0.15) is 0 Å². The fraction of sp³-hybridized carbons (Fsp3) is 0.611. The van der Waals surface area contributed by atoms with Crippen molar-refractivity contribution in [3.8, 4) is 0 Å². The number of nitrogens with one attached hydrogen (secondary N) is 1. The Labute approximate surface area is 164 Å². The molecular weight excluding hydrogens is 439 g/mol. The summed E-state index contributed by atoms with van der Waals surface area (Å²) in [5.74, 6) is -0.192. The minimum atomic E-state index is -0.456. The van der Waals surface area contributed by atoms with Gasteiger partial charge in [0.2, 0.25) is 0 Å². The molecule has 1 aliphatic carbocycles. The molecule has 2 aliphatic heterocycles. The molecule has 3 fully saturated rings. The van der Waals surface area contributed by atoms with Crippen LogP contribution < -0.4 is 5.32 Å². The van der Waals surface area contributed by atoms with Crippen molar-refractivity contribution in [1.29, 1.82) is 0 Å². The quantitative estimate of drug-likeness (QED) is 0.416. The molecule has 1 spiro atoms. The molecule has 0 radical (unpaired) electrons. The normalized spacial score (nSPS) is 31.3. The van der Waals surface area contributed by atoms with E-state index in [4.69, 9.17) is 4.74 Å². The third-order valence-electron chi connectivity index (χ3n) is 5.61. The Bertz CT molecular complexity index is 643. The summed E-state index contributed by atoms with van der Waals surface area (Å²) in [7, 11) is 1.76. The number of aliphatic imine (C=N–C) groups is 1. The Morgan fingerprint density at radius 2 is 2.08 bits per heavy atom. The Morgan fingerprint density at radius 1 is 1.32 bits per heavy atom. The van der Waals surface area contributed by atoms with Gasteiger partial charge in [0.25, 0.3) is 0 Å². The Balaban J connectivity index is 0.00000182. The molecule has 1 aromatic carbocycles. The molecule has 0 bridgehead atoms. The number of rotatable bonds is 2. The van der Waals surface area contributed by atoms with Gasteiger partial charge in [0.15, 0.2) is 5.96 Å². The molecule has 25 heavy (non-hydrogen) atoms. The lowest BCUT2D eigenvalue weighted by Crippen LogP contribution is -2.42.